The Morgan fingerprint density at radius 3 is 1.92 bits per heavy atom. The normalized spacial score (nSPS) is 18.5. The van der Waals surface area contributed by atoms with Crippen LogP contribution in [0.5, 0.6) is 17.2 Å². The molecule has 0 amide bonds. The summed E-state index contributed by atoms with van der Waals surface area (Å²) in [5.41, 5.74) is 0. The average Bonchev–Trinajstić information content (AvgIpc) is 2.61. The first kappa shape index (κ1) is 17.8. The van der Waals surface area contributed by atoms with Gasteiger partial charge in [0.1, 0.15) is 56.6 Å². The van der Waals surface area contributed by atoms with Crippen LogP contribution in [-0.2, 0) is 0 Å². The maximum atomic E-state index is 5.95. The van der Waals surface area contributed by atoms with E-state index < -0.39 is 0 Å². The van der Waals surface area contributed by atoms with Crippen molar-refractivity contribution in [2.75, 3.05) is 60.5 Å². The van der Waals surface area contributed by atoms with E-state index in [4.69, 9.17) is 9.47 Å². The zero-order valence-electron chi connectivity index (χ0n) is 15.6. The molecular weight excluding hydrogens is 312 g/mol. The van der Waals surface area contributed by atoms with Crippen LogP contribution in [0.1, 0.15) is 0 Å². The van der Waals surface area contributed by atoms with Gasteiger partial charge < -0.3 is 18.4 Å². The molecule has 4 nitrogen and oxygen atoms in total. The summed E-state index contributed by atoms with van der Waals surface area (Å²) < 4.78 is 14.0. The molecule has 0 unspecified atom stereocenters. The Morgan fingerprint density at radius 1 is 0.720 bits per heavy atom. The third-order valence-electron chi connectivity index (χ3n) is 5.19. The van der Waals surface area contributed by atoms with Crippen molar-refractivity contribution in [1.29, 1.82) is 0 Å². The molecule has 1 aliphatic rings. The molecular formula is C21H30N2O2+2. The van der Waals surface area contributed by atoms with Gasteiger partial charge in [0.2, 0.25) is 0 Å². The minimum atomic E-state index is 0.753. The predicted octanol–water partition coefficient (Wildman–Crippen LogP) is 3.39. The lowest BCUT2D eigenvalue weighted by Gasteiger charge is -2.44. The van der Waals surface area contributed by atoms with E-state index in [9.17, 15) is 0 Å². The Bertz CT molecular complexity index is 658. The highest BCUT2D eigenvalue weighted by Crippen LogP contribution is 2.23. The summed E-state index contributed by atoms with van der Waals surface area (Å²) in [6, 6.07) is 17.7. The van der Waals surface area contributed by atoms with Crippen LogP contribution >= 0.6 is 0 Å². The summed E-state index contributed by atoms with van der Waals surface area (Å²) in [5, 5.41) is 0. The Kier molecular flexibility index (Phi) is 5.30. The largest absolute Gasteiger partial charge is 0.488 e. The second kappa shape index (κ2) is 7.46. The van der Waals surface area contributed by atoms with Gasteiger partial charge in [-0.05, 0) is 36.4 Å². The maximum absolute atomic E-state index is 5.95. The summed E-state index contributed by atoms with van der Waals surface area (Å²) in [6.07, 6.45) is 0. The number of rotatable bonds is 6. The highest BCUT2D eigenvalue weighted by molar-refractivity contribution is 5.35. The van der Waals surface area contributed by atoms with E-state index in [1.165, 1.54) is 26.2 Å². The van der Waals surface area contributed by atoms with Crippen LogP contribution in [0.2, 0.25) is 0 Å². The molecule has 1 fully saturated rings. The minimum absolute atomic E-state index is 0.753. The zero-order valence-corrected chi connectivity index (χ0v) is 15.6. The molecule has 134 valence electrons. The van der Waals surface area contributed by atoms with E-state index >= 15 is 0 Å². The smallest absolute Gasteiger partial charge is 0.137 e. The number of ether oxygens (including phenoxy) is 2. The number of piperazine rings is 1. The first-order chi connectivity index (χ1) is 11.9. The minimum Gasteiger partial charge on any atom is -0.488 e. The van der Waals surface area contributed by atoms with E-state index in [1.54, 1.807) is 0 Å². The molecule has 2 aromatic rings. The molecule has 4 heteroatoms. The molecule has 25 heavy (non-hydrogen) atoms. The fourth-order valence-electron chi connectivity index (χ4n) is 3.08. The molecule has 0 N–H and O–H groups in total. The van der Waals surface area contributed by atoms with Crippen LogP contribution in [0, 0.1) is 0 Å². The number of nitrogens with zero attached hydrogens (tertiary/aromatic N) is 2. The first-order valence-corrected chi connectivity index (χ1v) is 9.06. The molecule has 0 aromatic heterocycles. The molecule has 0 aliphatic carbocycles. The lowest BCUT2D eigenvalue weighted by molar-refractivity contribution is -1.01. The van der Waals surface area contributed by atoms with Crippen LogP contribution in [0.4, 0.5) is 0 Å². The van der Waals surface area contributed by atoms with E-state index in [-0.39, 0.29) is 0 Å². The Balaban J connectivity index is 1.46. The van der Waals surface area contributed by atoms with Crippen molar-refractivity contribution in [1.82, 2.24) is 0 Å². The SMILES string of the molecule is C[N+]1(C)CC[N+](C)(CCOc2ccc(Oc3ccccc3)cc2)CC1. The van der Waals surface area contributed by atoms with Gasteiger partial charge in [0, 0.05) is 0 Å². The second-order valence-corrected chi connectivity index (χ2v) is 7.91. The van der Waals surface area contributed by atoms with Gasteiger partial charge in [0.25, 0.3) is 0 Å². The van der Waals surface area contributed by atoms with Crippen molar-refractivity contribution in [3.63, 3.8) is 0 Å². The van der Waals surface area contributed by atoms with Gasteiger partial charge in [0.05, 0.1) is 21.1 Å². The summed E-state index contributed by atoms with van der Waals surface area (Å²) in [5.74, 6) is 2.58. The number of para-hydroxylation sites is 1. The van der Waals surface area contributed by atoms with Crippen LogP contribution in [-0.4, -0.2) is 69.4 Å². The first-order valence-electron chi connectivity index (χ1n) is 9.06. The van der Waals surface area contributed by atoms with Crippen LogP contribution in [0.15, 0.2) is 54.6 Å². The predicted molar refractivity (Wildman–Crippen MR) is 101 cm³/mol. The molecule has 0 radical (unpaired) electrons. The highest BCUT2D eigenvalue weighted by atomic mass is 16.5. The van der Waals surface area contributed by atoms with Crippen LogP contribution in [0.3, 0.4) is 0 Å². The maximum Gasteiger partial charge on any atom is 0.137 e. The zero-order chi connectivity index (χ0) is 17.8. The number of likely N-dealkylation sites (N-methyl/N-ethyl adjacent to an activating group) is 2. The number of benzene rings is 2. The molecule has 0 spiro atoms. The summed E-state index contributed by atoms with van der Waals surface area (Å²) >= 11 is 0. The second-order valence-electron chi connectivity index (χ2n) is 7.91. The summed E-state index contributed by atoms with van der Waals surface area (Å²) in [6.45, 7) is 6.73. The average molecular weight is 342 g/mol. The number of hydrogen-bond acceptors (Lipinski definition) is 2. The molecule has 0 atom stereocenters. The fraction of sp³-hybridized carbons (Fsp3) is 0.429. The molecule has 1 aliphatic heterocycles. The van der Waals surface area contributed by atoms with E-state index in [2.05, 4.69) is 21.1 Å². The van der Waals surface area contributed by atoms with Gasteiger partial charge in [-0.2, -0.15) is 0 Å². The molecule has 1 heterocycles. The Morgan fingerprint density at radius 2 is 1.28 bits per heavy atom. The highest BCUT2D eigenvalue weighted by Gasteiger charge is 2.34. The summed E-state index contributed by atoms with van der Waals surface area (Å²) in [7, 11) is 6.98. The number of quaternary nitrogens is 2. The van der Waals surface area contributed by atoms with Gasteiger partial charge in [-0.1, -0.05) is 18.2 Å². The molecule has 1 saturated heterocycles. The van der Waals surface area contributed by atoms with Gasteiger partial charge in [-0.25, -0.2) is 0 Å². The fourth-order valence-corrected chi connectivity index (χ4v) is 3.08. The van der Waals surface area contributed by atoms with Crippen molar-refractivity contribution >= 4 is 0 Å². The quantitative estimate of drug-likeness (QED) is 0.749. The van der Waals surface area contributed by atoms with E-state index in [0.717, 1.165) is 39.4 Å². The van der Waals surface area contributed by atoms with E-state index in [0.29, 0.717) is 0 Å². The topological polar surface area (TPSA) is 18.5 Å². The van der Waals surface area contributed by atoms with E-state index in [1.807, 2.05) is 54.6 Å². The van der Waals surface area contributed by atoms with Gasteiger partial charge in [-0.15, -0.1) is 0 Å². The van der Waals surface area contributed by atoms with Crippen molar-refractivity contribution in [3.8, 4) is 17.2 Å². The standard InChI is InChI=1S/C21H30N2O2/c1-22(2)13-15-23(3,16-14-22)17-18-24-19-9-11-21(12-10-19)25-20-7-5-4-6-8-20/h4-12H,13-18H2,1-3H3/q+2. The van der Waals surface area contributed by atoms with Crippen molar-refractivity contribution < 1.29 is 18.4 Å². The molecule has 0 bridgehead atoms. The Labute approximate surface area is 151 Å². The van der Waals surface area contributed by atoms with Crippen LogP contribution < -0.4 is 9.47 Å². The van der Waals surface area contributed by atoms with Crippen LogP contribution in [0.25, 0.3) is 0 Å². The van der Waals surface area contributed by atoms with Gasteiger partial charge >= 0.3 is 0 Å². The third-order valence-corrected chi connectivity index (χ3v) is 5.19. The van der Waals surface area contributed by atoms with Gasteiger partial charge in [-0.3, -0.25) is 0 Å². The monoisotopic (exact) mass is 342 g/mol. The summed E-state index contributed by atoms with van der Waals surface area (Å²) in [4.78, 5) is 0. The molecule has 0 saturated carbocycles. The van der Waals surface area contributed by atoms with Crippen molar-refractivity contribution in [2.24, 2.45) is 0 Å². The number of hydrogen-bond donors (Lipinski definition) is 0. The lowest BCUT2D eigenvalue weighted by atomic mass is 10.2. The van der Waals surface area contributed by atoms with Gasteiger partial charge in [0.15, 0.2) is 0 Å². The van der Waals surface area contributed by atoms with Crippen molar-refractivity contribution in [3.05, 3.63) is 54.6 Å². The molecule has 2 aromatic carbocycles. The third kappa shape index (κ3) is 5.21. The molecule has 3 rings (SSSR count). The lowest BCUT2D eigenvalue weighted by Crippen LogP contribution is -2.63. The van der Waals surface area contributed by atoms with Crippen molar-refractivity contribution in [2.45, 2.75) is 0 Å². The Hall–Kier alpha value is -2.04.